The Hall–Kier alpha value is -3.60. The zero-order valence-corrected chi connectivity index (χ0v) is 17.8. The quantitative estimate of drug-likeness (QED) is 0.625. The Balaban J connectivity index is 1.45. The van der Waals surface area contributed by atoms with Gasteiger partial charge in [-0.1, -0.05) is 60.2 Å². The van der Waals surface area contributed by atoms with Crippen LogP contribution in [0, 0.1) is 6.92 Å². The van der Waals surface area contributed by atoms with E-state index >= 15 is 0 Å². The number of hydrogen-bond donors (Lipinski definition) is 1. The van der Waals surface area contributed by atoms with Gasteiger partial charge in [0, 0.05) is 18.2 Å². The Labute approximate surface area is 182 Å². The predicted molar refractivity (Wildman–Crippen MR) is 122 cm³/mol. The van der Waals surface area contributed by atoms with Crippen molar-refractivity contribution in [3.63, 3.8) is 0 Å². The van der Waals surface area contributed by atoms with Crippen LogP contribution >= 0.6 is 0 Å². The molecular formula is C26H26N2O3. The molecular weight excluding hydrogens is 388 g/mol. The molecule has 1 aliphatic rings. The van der Waals surface area contributed by atoms with Crippen molar-refractivity contribution < 1.29 is 14.3 Å². The summed E-state index contributed by atoms with van der Waals surface area (Å²) in [5.74, 6) is 0.465. The van der Waals surface area contributed by atoms with E-state index in [4.69, 9.17) is 4.74 Å². The van der Waals surface area contributed by atoms with E-state index in [0.717, 1.165) is 11.1 Å². The lowest BCUT2D eigenvalue weighted by Gasteiger charge is -2.33. The summed E-state index contributed by atoms with van der Waals surface area (Å²) in [6.45, 7) is 4.27. The van der Waals surface area contributed by atoms with Crippen molar-refractivity contribution in [2.24, 2.45) is 0 Å². The Morgan fingerprint density at radius 1 is 1.00 bits per heavy atom. The molecule has 158 valence electrons. The summed E-state index contributed by atoms with van der Waals surface area (Å²) >= 11 is 0. The normalized spacial score (nSPS) is 15.2. The summed E-state index contributed by atoms with van der Waals surface area (Å²) in [5.41, 5.74) is 4.76. The van der Waals surface area contributed by atoms with E-state index in [1.54, 1.807) is 17.9 Å². The van der Waals surface area contributed by atoms with Gasteiger partial charge in [0.05, 0.1) is 12.2 Å². The van der Waals surface area contributed by atoms with Crippen molar-refractivity contribution in [2.75, 3.05) is 10.2 Å². The molecule has 0 saturated carbocycles. The van der Waals surface area contributed by atoms with E-state index in [9.17, 15) is 9.59 Å². The highest BCUT2D eigenvalue weighted by molar-refractivity contribution is 6.00. The molecule has 1 atom stereocenters. The average molecular weight is 415 g/mol. The number of aryl methyl sites for hydroxylation is 2. The molecule has 5 heteroatoms. The molecule has 0 aliphatic carbocycles. The second kappa shape index (κ2) is 9.04. The molecule has 31 heavy (non-hydrogen) atoms. The van der Waals surface area contributed by atoms with Gasteiger partial charge in [-0.25, -0.2) is 0 Å². The van der Waals surface area contributed by atoms with E-state index in [-0.39, 0.29) is 11.8 Å². The maximum absolute atomic E-state index is 12.7. The standard InChI is InChI=1S/C26H26N2O3/c1-18-8-10-20(11-9-18)12-15-25(29)27-22-13-14-23-24(16-22)31-19(2)26(30)28(23)17-21-6-4-3-5-7-21/h3-11,13-14,16,19H,12,15,17H2,1-2H3,(H,27,29). The van der Waals surface area contributed by atoms with Gasteiger partial charge in [-0.05, 0) is 43.5 Å². The Morgan fingerprint density at radius 2 is 1.74 bits per heavy atom. The smallest absolute Gasteiger partial charge is 0.268 e. The lowest BCUT2D eigenvalue weighted by Crippen LogP contribution is -2.44. The highest BCUT2D eigenvalue weighted by Gasteiger charge is 2.31. The molecule has 5 nitrogen and oxygen atoms in total. The zero-order chi connectivity index (χ0) is 21.8. The predicted octanol–water partition coefficient (Wildman–Crippen LogP) is 4.88. The van der Waals surface area contributed by atoms with Gasteiger partial charge in [0.2, 0.25) is 5.91 Å². The number of nitrogens with one attached hydrogen (secondary N) is 1. The van der Waals surface area contributed by atoms with Gasteiger partial charge < -0.3 is 15.0 Å². The number of ether oxygens (including phenoxy) is 1. The van der Waals surface area contributed by atoms with E-state index in [2.05, 4.69) is 29.6 Å². The molecule has 0 spiro atoms. The number of benzene rings is 3. The lowest BCUT2D eigenvalue weighted by molar-refractivity contribution is -0.125. The van der Waals surface area contributed by atoms with Crippen molar-refractivity contribution in [2.45, 2.75) is 39.3 Å². The number of rotatable bonds is 6. The second-order valence-corrected chi connectivity index (χ2v) is 7.89. The topological polar surface area (TPSA) is 58.6 Å². The van der Waals surface area contributed by atoms with E-state index in [1.165, 1.54) is 5.56 Å². The van der Waals surface area contributed by atoms with E-state index in [1.807, 2.05) is 49.4 Å². The van der Waals surface area contributed by atoms with Crippen LogP contribution in [0.3, 0.4) is 0 Å². The van der Waals surface area contributed by atoms with Crippen LogP contribution in [0.2, 0.25) is 0 Å². The molecule has 0 bridgehead atoms. The minimum absolute atomic E-state index is 0.0541. The molecule has 1 aliphatic heterocycles. The van der Waals surface area contributed by atoms with Crippen LogP contribution in [0.15, 0.2) is 72.8 Å². The van der Waals surface area contributed by atoms with Gasteiger partial charge in [0.15, 0.2) is 6.10 Å². The SMILES string of the molecule is Cc1ccc(CCC(=O)Nc2ccc3c(c2)OC(C)C(=O)N3Cc2ccccc2)cc1. The highest BCUT2D eigenvalue weighted by atomic mass is 16.5. The number of nitrogens with zero attached hydrogens (tertiary/aromatic N) is 1. The first-order valence-corrected chi connectivity index (χ1v) is 10.5. The molecule has 0 saturated heterocycles. The Bertz CT molecular complexity index is 1080. The third-order valence-electron chi connectivity index (χ3n) is 5.40. The second-order valence-electron chi connectivity index (χ2n) is 7.89. The molecule has 0 aromatic heterocycles. The number of carbonyl (C=O) groups is 2. The molecule has 3 aromatic rings. The van der Waals surface area contributed by atoms with Crippen molar-refractivity contribution in [3.05, 3.63) is 89.5 Å². The van der Waals surface area contributed by atoms with Crippen molar-refractivity contribution >= 4 is 23.2 Å². The fourth-order valence-corrected chi connectivity index (χ4v) is 3.65. The number of hydrogen-bond acceptors (Lipinski definition) is 3. The molecule has 2 amide bonds. The van der Waals surface area contributed by atoms with Gasteiger partial charge in [0.1, 0.15) is 5.75 Å². The zero-order valence-electron chi connectivity index (χ0n) is 17.8. The van der Waals surface area contributed by atoms with Crippen LogP contribution in [0.1, 0.15) is 30.0 Å². The molecule has 1 unspecified atom stereocenters. The molecule has 1 heterocycles. The van der Waals surface area contributed by atoms with Gasteiger partial charge >= 0.3 is 0 Å². The van der Waals surface area contributed by atoms with Gasteiger partial charge in [-0.2, -0.15) is 0 Å². The minimum Gasteiger partial charge on any atom is -0.479 e. The molecule has 3 aromatic carbocycles. The van der Waals surface area contributed by atoms with Crippen molar-refractivity contribution in [1.29, 1.82) is 0 Å². The molecule has 0 radical (unpaired) electrons. The molecule has 1 N–H and O–H groups in total. The number of anilines is 2. The summed E-state index contributed by atoms with van der Waals surface area (Å²) in [7, 11) is 0. The third-order valence-corrected chi connectivity index (χ3v) is 5.40. The first kappa shape index (κ1) is 20.7. The monoisotopic (exact) mass is 414 g/mol. The van der Waals surface area contributed by atoms with Crippen LogP contribution in [0.4, 0.5) is 11.4 Å². The number of amides is 2. The summed E-state index contributed by atoms with van der Waals surface area (Å²) in [5, 5.41) is 2.94. The van der Waals surface area contributed by atoms with Crippen LogP contribution in [0.25, 0.3) is 0 Å². The summed E-state index contributed by atoms with van der Waals surface area (Å²) in [6.07, 6.45) is 0.503. The third kappa shape index (κ3) is 4.94. The molecule has 4 rings (SSSR count). The maximum Gasteiger partial charge on any atom is 0.268 e. The fourth-order valence-electron chi connectivity index (χ4n) is 3.65. The van der Waals surface area contributed by atoms with Gasteiger partial charge in [0.25, 0.3) is 5.91 Å². The van der Waals surface area contributed by atoms with Crippen LogP contribution in [0.5, 0.6) is 5.75 Å². The molecule has 0 fully saturated rings. The van der Waals surface area contributed by atoms with Crippen LogP contribution in [-0.2, 0) is 22.6 Å². The van der Waals surface area contributed by atoms with Crippen LogP contribution in [-0.4, -0.2) is 17.9 Å². The number of fused-ring (bicyclic) bond motifs is 1. The highest BCUT2D eigenvalue weighted by Crippen LogP contribution is 2.37. The summed E-state index contributed by atoms with van der Waals surface area (Å²) in [6, 6.07) is 23.5. The summed E-state index contributed by atoms with van der Waals surface area (Å²) < 4.78 is 5.83. The average Bonchev–Trinajstić information content (AvgIpc) is 2.77. The lowest BCUT2D eigenvalue weighted by atomic mass is 10.1. The first-order valence-electron chi connectivity index (χ1n) is 10.5. The number of carbonyl (C=O) groups excluding carboxylic acids is 2. The summed E-state index contributed by atoms with van der Waals surface area (Å²) in [4.78, 5) is 26.9. The van der Waals surface area contributed by atoms with Crippen LogP contribution < -0.4 is 15.0 Å². The van der Waals surface area contributed by atoms with E-state index in [0.29, 0.717) is 36.5 Å². The van der Waals surface area contributed by atoms with Crippen molar-refractivity contribution in [3.8, 4) is 5.75 Å². The van der Waals surface area contributed by atoms with Crippen molar-refractivity contribution in [1.82, 2.24) is 0 Å². The minimum atomic E-state index is -0.580. The first-order chi connectivity index (χ1) is 15.0. The maximum atomic E-state index is 12.7. The van der Waals surface area contributed by atoms with Gasteiger partial charge in [-0.3, -0.25) is 9.59 Å². The Kier molecular flexibility index (Phi) is 6.03. The van der Waals surface area contributed by atoms with E-state index < -0.39 is 6.10 Å². The Morgan fingerprint density at radius 3 is 2.48 bits per heavy atom. The largest absolute Gasteiger partial charge is 0.479 e. The fraction of sp³-hybridized carbons (Fsp3) is 0.231. The van der Waals surface area contributed by atoms with Gasteiger partial charge in [-0.15, -0.1) is 0 Å².